The van der Waals surface area contributed by atoms with E-state index < -0.39 is 5.92 Å². The van der Waals surface area contributed by atoms with E-state index >= 15 is 0 Å². The highest BCUT2D eigenvalue weighted by atomic mass is 35.5. The lowest BCUT2D eigenvalue weighted by Gasteiger charge is -2.18. The van der Waals surface area contributed by atoms with Crippen LogP contribution in [0.15, 0.2) is 36.4 Å². The van der Waals surface area contributed by atoms with Gasteiger partial charge in [-0.1, -0.05) is 58.5 Å². The third-order valence-corrected chi connectivity index (χ3v) is 4.50. The maximum absolute atomic E-state index is 12.4. The second-order valence-electron chi connectivity index (χ2n) is 4.91. The molecule has 0 aliphatic rings. The molecule has 0 fully saturated rings. The Hall–Kier alpha value is -0.930. The zero-order valence-electron chi connectivity index (χ0n) is 12.3. The molecule has 0 heterocycles. The molecule has 0 aliphatic heterocycles. The van der Waals surface area contributed by atoms with Crippen molar-refractivity contribution < 1.29 is 9.53 Å². The Morgan fingerprint density at radius 3 is 2.17 bits per heavy atom. The van der Waals surface area contributed by atoms with Crippen LogP contribution in [-0.4, -0.2) is 12.6 Å². The number of carbonyl (C=O) groups is 1. The van der Waals surface area contributed by atoms with Gasteiger partial charge in [-0.2, -0.15) is 0 Å². The molecule has 23 heavy (non-hydrogen) atoms. The second-order valence-corrected chi connectivity index (χ2v) is 6.60. The van der Waals surface area contributed by atoms with Crippen molar-refractivity contribution in [1.82, 2.24) is 0 Å². The van der Waals surface area contributed by atoms with Gasteiger partial charge in [0, 0.05) is 20.1 Å². The number of carbonyl (C=O) groups excluding carboxylic acids is 1. The van der Waals surface area contributed by atoms with Crippen molar-refractivity contribution in [2.24, 2.45) is 0 Å². The summed E-state index contributed by atoms with van der Waals surface area (Å²) < 4.78 is 5.18. The number of rotatable bonds is 5. The molecule has 0 unspecified atom stereocenters. The molecule has 6 heteroatoms. The van der Waals surface area contributed by atoms with Gasteiger partial charge in [0.05, 0.1) is 12.5 Å². The van der Waals surface area contributed by atoms with E-state index in [0.717, 1.165) is 5.56 Å². The monoisotopic (exact) mass is 390 g/mol. The van der Waals surface area contributed by atoms with Gasteiger partial charge in [-0.15, -0.1) is 0 Å². The fourth-order valence-corrected chi connectivity index (χ4v) is 3.28. The van der Waals surface area contributed by atoms with Gasteiger partial charge < -0.3 is 4.74 Å². The molecule has 0 bridgehead atoms. The molecule has 0 radical (unpaired) electrons. The third-order valence-electron chi connectivity index (χ3n) is 3.35. The number of halogens is 4. The van der Waals surface area contributed by atoms with Gasteiger partial charge in [-0.3, -0.25) is 4.79 Å². The first-order valence-electron chi connectivity index (χ1n) is 6.98. The third kappa shape index (κ3) is 4.77. The lowest BCUT2D eigenvalue weighted by atomic mass is 9.92. The number of benzene rings is 2. The lowest BCUT2D eigenvalue weighted by Crippen LogP contribution is -2.19. The van der Waals surface area contributed by atoms with Crippen molar-refractivity contribution >= 4 is 52.4 Å². The topological polar surface area (TPSA) is 26.3 Å². The first-order chi connectivity index (χ1) is 10.9. The molecule has 0 aromatic heterocycles. The van der Waals surface area contributed by atoms with Crippen molar-refractivity contribution in [1.29, 1.82) is 0 Å². The van der Waals surface area contributed by atoms with E-state index in [2.05, 4.69) is 0 Å². The summed E-state index contributed by atoms with van der Waals surface area (Å²) >= 11 is 24.3. The van der Waals surface area contributed by atoms with Gasteiger partial charge in [0.1, 0.15) is 0 Å². The SMILES string of the molecule is CCOC(=O)[C@H](Cc1ccc(Cl)cc1Cl)c1ccc(Cl)cc1Cl. The molecule has 0 aliphatic carbocycles. The van der Waals surface area contributed by atoms with Crippen LogP contribution in [0.5, 0.6) is 0 Å². The summed E-state index contributed by atoms with van der Waals surface area (Å²) in [5.74, 6) is -0.930. The number of esters is 1. The Morgan fingerprint density at radius 2 is 1.61 bits per heavy atom. The zero-order chi connectivity index (χ0) is 17.0. The van der Waals surface area contributed by atoms with Crippen molar-refractivity contribution in [2.45, 2.75) is 19.3 Å². The minimum Gasteiger partial charge on any atom is -0.466 e. The summed E-state index contributed by atoms with van der Waals surface area (Å²) in [6.07, 6.45) is 0.357. The Labute approximate surface area is 155 Å². The smallest absolute Gasteiger partial charge is 0.313 e. The molecule has 1 atom stereocenters. The summed E-state index contributed by atoms with van der Waals surface area (Å²) in [4.78, 5) is 12.4. The molecule has 0 amide bonds. The molecule has 0 saturated carbocycles. The van der Waals surface area contributed by atoms with Gasteiger partial charge in [-0.25, -0.2) is 0 Å². The summed E-state index contributed by atoms with van der Waals surface area (Å²) in [6, 6.07) is 10.2. The minimum atomic E-state index is -0.571. The number of ether oxygens (including phenoxy) is 1. The number of hydrogen-bond donors (Lipinski definition) is 0. The minimum absolute atomic E-state index is 0.287. The van der Waals surface area contributed by atoms with Crippen LogP contribution >= 0.6 is 46.4 Å². The molecule has 0 saturated heterocycles. The molecule has 2 aromatic carbocycles. The molecule has 0 spiro atoms. The van der Waals surface area contributed by atoms with Crippen molar-refractivity contribution in [2.75, 3.05) is 6.61 Å². The molecular formula is C17H14Cl4O2. The summed E-state index contributed by atoms with van der Waals surface area (Å²) in [5, 5.41) is 1.96. The fourth-order valence-electron chi connectivity index (χ4n) is 2.25. The van der Waals surface area contributed by atoms with E-state index in [9.17, 15) is 4.79 Å². The second kappa shape index (κ2) is 8.25. The fraction of sp³-hybridized carbons (Fsp3) is 0.235. The Balaban J connectivity index is 2.39. The van der Waals surface area contributed by atoms with Gasteiger partial charge in [0.15, 0.2) is 0 Å². The summed E-state index contributed by atoms with van der Waals surface area (Å²) in [5.41, 5.74) is 1.45. The predicted molar refractivity (Wildman–Crippen MR) is 96.0 cm³/mol. The van der Waals surface area contributed by atoms with Gasteiger partial charge in [0.2, 0.25) is 0 Å². The van der Waals surface area contributed by atoms with Crippen LogP contribution in [0.4, 0.5) is 0 Å². The zero-order valence-corrected chi connectivity index (χ0v) is 15.3. The highest BCUT2D eigenvalue weighted by Gasteiger charge is 2.25. The maximum atomic E-state index is 12.4. The highest BCUT2D eigenvalue weighted by Crippen LogP contribution is 2.33. The number of hydrogen-bond acceptors (Lipinski definition) is 2. The van der Waals surface area contributed by atoms with Crippen LogP contribution in [-0.2, 0) is 16.0 Å². The largest absolute Gasteiger partial charge is 0.466 e. The Kier molecular flexibility index (Phi) is 6.60. The lowest BCUT2D eigenvalue weighted by molar-refractivity contribution is -0.144. The molecule has 2 rings (SSSR count). The van der Waals surface area contributed by atoms with Gasteiger partial charge >= 0.3 is 5.97 Å². The molecule has 0 N–H and O–H groups in total. The van der Waals surface area contributed by atoms with E-state index in [1.54, 1.807) is 43.3 Å². The van der Waals surface area contributed by atoms with Crippen LogP contribution in [0.25, 0.3) is 0 Å². The van der Waals surface area contributed by atoms with Crippen molar-refractivity contribution in [3.8, 4) is 0 Å². The van der Waals surface area contributed by atoms with Crippen LogP contribution in [0, 0.1) is 0 Å². The van der Waals surface area contributed by atoms with E-state index in [1.807, 2.05) is 0 Å². The van der Waals surface area contributed by atoms with Gasteiger partial charge in [-0.05, 0) is 48.7 Å². The summed E-state index contributed by atoms with van der Waals surface area (Å²) in [6.45, 7) is 2.04. The van der Waals surface area contributed by atoms with Crippen LogP contribution in [0.2, 0.25) is 20.1 Å². The first kappa shape index (κ1) is 18.4. The quantitative estimate of drug-likeness (QED) is 0.568. The van der Waals surface area contributed by atoms with Gasteiger partial charge in [0.25, 0.3) is 0 Å². The normalized spacial score (nSPS) is 12.0. The van der Waals surface area contributed by atoms with Crippen molar-refractivity contribution in [3.05, 3.63) is 67.6 Å². The average Bonchev–Trinajstić information content (AvgIpc) is 2.47. The molecule has 2 nitrogen and oxygen atoms in total. The van der Waals surface area contributed by atoms with Crippen LogP contribution < -0.4 is 0 Å². The van der Waals surface area contributed by atoms with Crippen molar-refractivity contribution in [3.63, 3.8) is 0 Å². The van der Waals surface area contributed by atoms with Crippen LogP contribution in [0.3, 0.4) is 0 Å². The Morgan fingerprint density at radius 1 is 1.00 bits per heavy atom. The molecular weight excluding hydrogens is 378 g/mol. The first-order valence-corrected chi connectivity index (χ1v) is 8.49. The standard InChI is InChI=1S/C17H14Cl4O2/c1-2-23-17(22)14(13-6-5-12(19)9-16(13)21)7-10-3-4-11(18)8-15(10)20/h3-6,8-9,14H,2,7H2,1H3/t14-/m1/s1. The van der Waals surface area contributed by atoms with Crippen LogP contribution in [0.1, 0.15) is 24.0 Å². The van der Waals surface area contributed by atoms with E-state index in [4.69, 9.17) is 51.1 Å². The average molecular weight is 392 g/mol. The van der Waals surface area contributed by atoms with E-state index in [1.165, 1.54) is 0 Å². The maximum Gasteiger partial charge on any atom is 0.313 e. The highest BCUT2D eigenvalue weighted by molar-refractivity contribution is 6.35. The van der Waals surface area contributed by atoms with E-state index in [0.29, 0.717) is 32.1 Å². The predicted octanol–water partition coefficient (Wildman–Crippen LogP) is 6.19. The van der Waals surface area contributed by atoms with E-state index in [-0.39, 0.29) is 12.6 Å². The summed E-state index contributed by atoms with van der Waals surface area (Å²) in [7, 11) is 0. The molecule has 122 valence electrons. The molecule has 2 aromatic rings. The Bertz CT molecular complexity index is 716.